The number of phenolic OH excluding ortho intramolecular Hbond substituents is 1. The van der Waals surface area contributed by atoms with Crippen LogP contribution in [0.5, 0.6) is 5.75 Å². The largest absolute Gasteiger partial charge is 0.508 e. The Morgan fingerprint density at radius 2 is 1.85 bits per heavy atom. The summed E-state index contributed by atoms with van der Waals surface area (Å²) < 4.78 is 0. The van der Waals surface area contributed by atoms with Gasteiger partial charge >= 0.3 is 0 Å². The zero-order valence-corrected chi connectivity index (χ0v) is 16.0. The average molecular weight is 348 g/mol. The van der Waals surface area contributed by atoms with Crippen molar-refractivity contribution in [3.63, 3.8) is 0 Å². The van der Waals surface area contributed by atoms with E-state index in [0.29, 0.717) is 23.1 Å². The first-order chi connectivity index (χ1) is 12.6. The fourth-order valence-corrected chi connectivity index (χ4v) is 5.96. The predicted molar refractivity (Wildman–Crippen MR) is 106 cm³/mol. The summed E-state index contributed by atoms with van der Waals surface area (Å²) in [5.74, 6) is 1.12. The van der Waals surface area contributed by atoms with Crippen molar-refractivity contribution in [3.8, 4) is 5.75 Å². The first kappa shape index (κ1) is 16.4. The van der Waals surface area contributed by atoms with Gasteiger partial charge in [-0.25, -0.2) is 0 Å². The van der Waals surface area contributed by atoms with Gasteiger partial charge in [-0.1, -0.05) is 30.3 Å². The summed E-state index contributed by atoms with van der Waals surface area (Å²) in [6.07, 6.45) is 7.59. The fourth-order valence-electron chi connectivity index (χ4n) is 5.96. The van der Waals surface area contributed by atoms with Gasteiger partial charge in [-0.2, -0.15) is 0 Å². The van der Waals surface area contributed by atoms with Crippen molar-refractivity contribution in [2.45, 2.75) is 57.4 Å². The molecule has 2 heteroatoms. The van der Waals surface area contributed by atoms with E-state index in [1.165, 1.54) is 43.2 Å². The molecule has 1 heterocycles. The molecule has 136 valence electrons. The number of fused-ring (bicyclic) bond motifs is 2. The van der Waals surface area contributed by atoms with Gasteiger partial charge in [0.05, 0.1) is 0 Å². The second-order valence-corrected chi connectivity index (χ2v) is 8.85. The molecule has 0 spiro atoms. The van der Waals surface area contributed by atoms with Crippen molar-refractivity contribution in [1.29, 1.82) is 0 Å². The van der Waals surface area contributed by atoms with Crippen molar-refractivity contribution in [2.24, 2.45) is 5.41 Å². The highest BCUT2D eigenvalue weighted by molar-refractivity contribution is 5.47. The molecule has 2 unspecified atom stereocenters. The molecule has 0 radical (unpaired) electrons. The van der Waals surface area contributed by atoms with Crippen molar-refractivity contribution in [3.05, 3.63) is 64.2 Å². The molecule has 0 amide bonds. The lowest BCUT2D eigenvalue weighted by Crippen LogP contribution is -2.40. The van der Waals surface area contributed by atoms with E-state index in [0.717, 1.165) is 18.5 Å². The third kappa shape index (κ3) is 2.35. The number of aryl methyl sites for hydroxylation is 2. The molecule has 2 atom stereocenters. The monoisotopic (exact) mass is 347 g/mol. The van der Waals surface area contributed by atoms with Gasteiger partial charge in [-0.15, -0.1) is 0 Å². The number of likely N-dealkylation sites (N-methyl/N-ethyl adjacent to an activating group) is 1. The molecule has 2 aromatic rings. The summed E-state index contributed by atoms with van der Waals surface area (Å²) in [5, 5.41) is 10.4. The Balaban J connectivity index is 1.61. The van der Waals surface area contributed by atoms with Crippen LogP contribution in [0, 0.1) is 12.3 Å². The van der Waals surface area contributed by atoms with Crippen molar-refractivity contribution in [2.75, 3.05) is 13.6 Å². The van der Waals surface area contributed by atoms with Crippen molar-refractivity contribution >= 4 is 0 Å². The highest BCUT2D eigenvalue weighted by Gasteiger charge is 2.58. The Bertz CT molecular complexity index is 851. The van der Waals surface area contributed by atoms with Crippen LogP contribution >= 0.6 is 0 Å². The molecule has 2 aliphatic carbocycles. The van der Waals surface area contributed by atoms with E-state index < -0.39 is 0 Å². The molecule has 1 fully saturated rings. The molecule has 26 heavy (non-hydrogen) atoms. The lowest BCUT2D eigenvalue weighted by Gasteiger charge is -2.45. The average Bonchev–Trinajstić information content (AvgIpc) is 3.44. The molecular formula is C24H29NO. The van der Waals surface area contributed by atoms with Crippen molar-refractivity contribution < 1.29 is 5.11 Å². The Morgan fingerprint density at radius 3 is 2.65 bits per heavy atom. The van der Waals surface area contributed by atoms with Gasteiger partial charge in [0.2, 0.25) is 0 Å². The Hall–Kier alpha value is -1.80. The SMILES string of the molecule is Cc1cc2c(cc1O)C(C1(C3CCCc4ccccc43)CC1)N(C)CC2. The first-order valence-electron chi connectivity index (χ1n) is 10.2. The maximum atomic E-state index is 10.4. The number of benzene rings is 2. The van der Waals surface area contributed by atoms with Gasteiger partial charge in [0.1, 0.15) is 5.75 Å². The molecular weight excluding hydrogens is 318 g/mol. The number of nitrogens with zero attached hydrogens (tertiary/aromatic N) is 1. The van der Waals surface area contributed by atoms with Crippen LogP contribution in [-0.4, -0.2) is 23.6 Å². The van der Waals surface area contributed by atoms with E-state index in [1.807, 2.05) is 6.92 Å². The zero-order valence-electron chi connectivity index (χ0n) is 16.0. The van der Waals surface area contributed by atoms with Crippen LogP contribution in [0.3, 0.4) is 0 Å². The van der Waals surface area contributed by atoms with Crippen molar-refractivity contribution in [1.82, 2.24) is 4.90 Å². The van der Waals surface area contributed by atoms with Crippen LogP contribution in [0.25, 0.3) is 0 Å². The molecule has 0 saturated heterocycles. The van der Waals surface area contributed by atoms with Crippen LogP contribution in [0.1, 0.15) is 65.5 Å². The highest BCUT2D eigenvalue weighted by Crippen LogP contribution is 2.67. The molecule has 5 rings (SSSR count). The van der Waals surface area contributed by atoms with E-state index >= 15 is 0 Å². The minimum atomic E-state index is 0.349. The lowest BCUT2D eigenvalue weighted by molar-refractivity contribution is 0.121. The highest BCUT2D eigenvalue weighted by atomic mass is 16.3. The van der Waals surface area contributed by atoms with Gasteiger partial charge in [0, 0.05) is 12.6 Å². The molecule has 1 N–H and O–H groups in total. The van der Waals surface area contributed by atoms with Gasteiger partial charge in [-0.05, 0) is 97.7 Å². The third-order valence-corrected chi connectivity index (χ3v) is 7.36. The molecule has 1 saturated carbocycles. The number of phenols is 1. The van der Waals surface area contributed by atoms with Gasteiger partial charge in [0.15, 0.2) is 0 Å². The van der Waals surface area contributed by atoms with Crippen LogP contribution in [-0.2, 0) is 12.8 Å². The number of aromatic hydroxyl groups is 1. The van der Waals surface area contributed by atoms with E-state index in [9.17, 15) is 5.11 Å². The fraction of sp³-hybridized carbons (Fsp3) is 0.500. The van der Waals surface area contributed by atoms with Gasteiger partial charge < -0.3 is 5.11 Å². The van der Waals surface area contributed by atoms with Crippen LogP contribution in [0.2, 0.25) is 0 Å². The van der Waals surface area contributed by atoms with Crippen LogP contribution in [0.15, 0.2) is 36.4 Å². The summed E-state index contributed by atoms with van der Waals surface area (Å²) in [7, 11) is 2.29. The zero-order chi connectivity index (χ0) is 17.9. The quantitative estimate of drug-likeness (QED) is 0.814. The lowest BCUT2D eigenvalue weighted by atomic mass is 9.68. The molecule has 0 aromatic heterocycles. The van der Waals surface area contributed by atoms with Crippen LogP contribution < -0.4 is 0 Å². The maximum absolute atomic E-state index is 10.4. The topological polar surface area (TPSA) is 23.5 Å². The molecule has 2 nitrogen and oxygen atoms in total. The summed E-state index contributed by atoms with van der Waals surface area (Å²) in [6, 6.07) is 13.9. The summed E-state index contributed by atoms with van der Waals surface area (Å²) >= 11 is 0. The number of rotatable bonds is 2. The Kier molecular flexibility index (Phi) is 3.69. The van der Waals surface area contributed by atoms with E-state index in [4.69, 9.17) is 0 Å². The minimum Gasteiger partial charge on any atom is -0.508 e. The van der Waals surface area contributed by atoms with E-state index in [-0.39, 0.29) is 0 Å². The number of hydrogen-bond donors (Lipinski definition) is 1. The first-order valence-corrected chi connectivity index (χ1v) is 10.2. The molecule has 3 aliphatic rings. The Labute approximate surface area is 156 Å². The summed E-state index contributed by atoms with van der Waals surface area (Å²) in [6.45, 7) is 3.14. The van der Waals surface area contributed by atoms with E-state index in [1.54, 1.807) is 11.1 Å². The molecule has 0 bridgehead atoms. The predicted octanol–water partition coefficient (Wildman–Crippen LogP) is 5.13. The third-order valence-electron chi connectivity index (χ3n) is 7.36. The minimum absolute atomic E-state index is 0.349. The van der Waals surface area contributed by atoms with Crippen LogP contribution in [0.4, 0.5) is 0 Å². The summed E-state index contributed by atoms with van der Waals surface area (Å²) in [4.78, 5) is 2.57. The normalized spacial score (nSPS) is 26.8. The van der Waals surface area contributed by atoms with E-state index in [2.05, 4.69) is 48.3 Å². The maximum Gasteiger partial charge on any atom is 0.118 e. The molecule has 2 aromatic carbocycles. The smallest absolute Gasteiger partial charge is 0.118 e. The number of hydrogen-bond acceptors (Lipinski definition) is 2. The second-order valence-electron chi connectivity index (χ2n) is 8.85. The standard InChI is InChI=1S/C24H29NO/c1-16-14-18-10-13-25(2)23(20(18)15-22(16)26)24(11-12-24)21-9-5-7-17-6-3-4-8-19(17)21/h3-4,6,8,14-15,21,23,26H,5,7,9-13H2,1-2H3. The molecule has 1 aliphatic heterocycles. The Morgan fingerprint density at radius 1 is 1.04 bits per heavy atom. The second kappa shape index (κ2) is 5.85. The summed E-state index contributed by atoms with van der Waals surface area (Å²) in [5.41, 5.74) is 7.39. The van der Waals surface area contributed by atoms with Gasteiger partial charge in [0.25, 0.3) is 0 Å². The van der Waals surface area contributed by atoms with Gasteiger partial charge in [-0.3, -0.25) is 4.90 Å².